The zero-order valence-electron chi connectivity index (χ0n) is 21.2. The molecule has 1 fully saturated rings. The Labute approximate surface area is 215 Å². The molecule has 2 unspecified atom stereocenters. The number of ether oxygens (including phenoxy) is 2. The van der Waals surface area contributed by atoms with E-state index in [9.17, 15) is 8.78 Å². The van der Waals surface area contributed by atoms with Gasteiger partial charge in [-0.1, -0.05) is 55.5 Å². The van der Waals surface area contributed by atoms with Crippen molar-refractivity contribution in [3.8, 4) is 28.0 Å². The van der Waals surface area contributed by atoms with E-state index in [-0.39, 0.29) is 35.5 Å². The molecule has 0 radical (unpaired) electrons. The molecule has 0 aromatic heterocycles. The van der Waals surface area contributed by atoms with E-state index in [1.54, 1.807) is 36.4 Å². The summed E-state index contributed by atoms with van der Waals surface area (Å²) in [7, 11) is 0. The highest BCUT2D eigenvalue weighted by Gasteiger charge is 2.27. The summed E-state index contributed by atoms with van der Waals surface area (Å²) in [6.07, 6.45) is 8.37. The summed E-state index contributed by atoms with van der Waals surface area (Å²) in [4.78, 5) is 0. The molecule has 196 valence electrons. The van der Waals surface area contributed by atoms with Gasteiger partial charge in [0.05, 0.1) is 19.3 Å². The van der Waals surface area contributed by atoms with Crippen LogP contribution in [0.2, 0.25) is 0 Å². The van der Waals surface area contributed by atoms with Crippen molar-refractivity contribution in [3.63, 3.8) is 0 Å². The van der Waals surface area contributed by atoms with Gasteiger partial charge in [0.1, 0.15) is 0 Å². The molecule has 0 aliphatic carbocycles. The van der Waals surface area contributed by atoms with Crippen molar-refractivity contribution in [1.82, 2.24) is 0 Å². The van der Waals surface area contributed by atoms with Crippen LogP contribution in [-0.4, -0.2) is 19.3 Å². The first-order chi connectivity index (χ1) is 17.9. The van der Waals surface area contributed by atoms with Crippen LogP contribution in [0.3, 0.4) is 0 Å². The van der Waals surface area contributed by atoms with Crippen molar-refractivity contribution in [1.29, 1.82) is 0 Å². The quantitative estimate of drug-likeness (QED) is 0.210. The second kappa shape index (κ2) is 12.4. The molecular formula is C31H32F4O2. The Bertz CT molecular complexity index is 1230. The van der Waals surface area contributed by atoms with Gasteiger partial charge in [-0.05, 0) is 67.9 Å². The maximum Gasteiger partial charge on any atom is 0.201 e. The summed E-state index contributed by atoms with van der Waals surface area (Å²) in [5.74, 6) is -4.17. The van der Waals surface area contributed by atoms with Gasteiger partial charge in [-0.2, -0.15) is 4.39 Å². The lowest BCUT2D eigenvalue weighted by Crippen LogP contribution is -2.25. The van der Waals surface area contributed by atoms with Crippen molar-refractivity contribution in [2.24, 2.45) is 0 Å². The van der Waals surface area contributed by atoms with Gasteiger partial charge in [-0.3, -0.25) is 0 Å². The molecule has 6 heteroatoms. The van der Waals surface area contributed by atoms with Crippen molar-refractivity contribution in [2.45, 2.75) is 58.0 Å². The van der Waals surface area contributed by atoms with Crippen LogP contribution in [0.4, 0.5) is 17.6 Å². The van der Waals surface area contributed by atoms with E-state index < -0.39 is 23.3 Å². The molecule has 0 N–H and O–H groups in total. The molecule has 3 aromatic carbocycles. The molecule has 0 spiro atoms. The predicted molar refractivity (Wildman–Crippen MR) is 139 cm³/mol. The van der Waals surface area contributed by atoms with Crippen LogP contribution in [0.25, 0.3) is 22.3 Å². The number of benzene rings is 3. The molecule has 2 atom stereocenters. The second-order valence-electron chi connectivity index (χ2n) is 9.37. The van der Waals surface area contributed by atoms with Crippen LogP contribution >= 0.6 is 0 Å². The van der Waals surface area contributed by atoms with E-state index in [4.69, 9.17) is 9.47 Å². The van der Waals surface area contributed by atoms with Gasteiger partial charge in [0.15, 0.2) is 23.2 Å². The van der Waals surface area contributed by atoms with Crippen molar-refractivity contribution in [2.75, 3.05) is 13.2 Å². The normalized spacial score (nSPS) is 17.9. The van der Waals surface area contributed by atoms with Gasteiger partial charge < -0.3 is 9.47 Å². The topological polar surface area (TPSA) is 18.5 Å². The van der Waals surface area contributed by atoms with Crippen molar-refractivity contribution >= 4 is 0 Å². The highest BCUT2D eigenvalue weighted by molar-refractivity contribution is 5.72. The summed E-state index contributed by atoms with van der Waals surface area (Å²) < 4.78 is 70.4. The van der Waals surface area contributed by atoms with Crippen LogP contribution in [0.1, 0.15) is 57.4 Å². The third-order valence-corrected chi connectivity index (χ3v) is 6.83. The Morgan fingerprint density at radius 2 is 1.49 bits per heavy atom. The summed E-state index contributed by atoms with van der Waals surface area (Å²) in [5.41, 5.74) is 1.37. The van der Waals surface area contributed by atoms with E-state index in [1.807, 2.05) is 19.9 Å². The Morgan fingerprint density at radius 3 is 2.08 bits per heavy atom. The van der Waals surface area contributed by atoms with Crippen LogP contribution in [0.15, 0.2) is 60.7 Å². The lowest BCUT2D eigenvalue weighted by Gasteiger charge is -2.29. The lowest BCUT2D eigenvalue weighted by molar-refractivity contribution is -0.000894. The highest BCUT2D eigenvalue weighted by Crippen LogP contribution is 2.36. The number of rotatable bonds is 9. The monoisotopic (exact) mass is 512 g/mol. The highest BCUT2D eigenvalue weighted by atomic mass is 19.2. The zero-order chi connectivity index (χ0) is 26.4. The molecule has 0 bridgehead atoms. The van der Waals surface area contributed by atoms with E-state index in [2.05, 4.69) is 6.08 Å². The standard InChI is InChI=1S/C31H32F4O2/c1-3-5-6-7-23-13-12-22(19-37-23)26-15-14-24(28(32)29(26)33)20-8-10-21(11-9-20)25-16-17-27(36-18-4-2)31(35)30(25)34/h3,5,8-11,14-17,22-23H,4,6-7,12-13,18-19H2,1-2H3. The van der Waals surface area contributed by atoms with Crippen LogP contribution in [-0.2, 0) is 4.74 Å². The molecule has 1 heterocycles. The van der Waals surface area contributed by atoms with Crippen molar-refractivity contribution in [3.05, 3.63) is 89.5 Å². The third kappa shape index (κ3) is 6.07. The summed E-state index contributed by atoms with van der Waals surface area (Å²) >= 11 is 0. The molecule has 1 saturated heterocycles. The first kappa shape index (κ1) is 26.9. The molecule has 1 aliphatic heterocycles. The Balaban J connectivity index is 1.49. The second-order valence-corrected chi connectivity index (χ2v) is 9.37. The SMILES string of the molecule is CC=CCCC1CCC(c2ccc(-c3ccc(-c4ccc(OCCC)c(F)c4F)cc3)c(F)c2F)CO1. The minimum Gasteiger partial charge on any atom is -0.490 e. The fourth-order valence-electron chi connectivity index (χ4n) is 4.74. The van der Waals surface area contributed by atoms with Crippen LogP contribution < -0.4 is 4.74 Å². The van der Waals surface area contributed by atoms with Gasteiger partial charge in [-0.25, -0.2) is 13.2 Å². The van der Waals surface area contributed by atoms with E-state index >= 15 is 8.78 Å². The van der Waals surface area contributed by atoms with Gasteiger partial charge in [-0.15, -0.1) is 0 Å². The Hall–Kier alpha value is -3.12. The molecule has 1 aliphatic rings. The maximum absolute atomic E-state index is 15.1. The number of halogens is 4. The fraction of sp³-hybridized carbons (Fsp3) is 0.355. The Kier molecular flexibility index (Phi) is 9.04. The van der Waals surface area contributed by atoms with Crippen LogP contribution in [0, 0.1) is 23.3 Å². The average Bonchev–Trinajstić information content (AvgIpc) is 2.92. The average molecular weight is 513 g/mol. The van der Waals surface area contributed by atoms with Gasteiger partial charge >= 0.3 is 0 Å². The fourth-order valence-corrected chi connectivity index (χ4v) is 4.74. The maximum atomic E-state index is 15.1. The van der Waals surface area contributed by atoms with Gasteiger partial charge in [0, 0.05) is 17.0 Å². The lowest BCUT2D eigenvalue weighted by atomic mass is 9.88. The molecule has 4 rings (SSSR count). The molecule has 0 amide bonds. The van der Waals surface area contributed by atoms with Gasteiger partial charge in [0.25, 0.3) is 0 Å². The molecule has 2 nitrogen and oxygen atoms in total. The van der Waals surface area contributed by atoms with Crippen LogP contribution in [0.5, 0.6) is 5.75 Å². The molecule has 3 aromatic rings. The minimum absolute atomic E-state index is 0.0659. The van der Waals surface area contributed by atoms with E-state index in [1.165, 1.54) is 12.1 Å². The minimum atomic E-state index is -1.05. The molecule has 0 saturated carbocycles. The molecule has 37 heavy (non-hydrogen) atoms. The van der Waals surface area contributed by atoms with E-state index in [0.717, 1.165) is 25.7 Å². The van der Waals surface area contributed by atoms with Crippen molar-refractivity contribution < 1.29 is 27.0 Å². The largest absolute Gasteiger partial charge is 0.490 e. The first-order valence-corrected chi connectivity index (χ1v) is 12.9. The third-order valence-electron chi connectivity index (χ3n) is 6.83. The van der Waals surface area contributed by atoms with E-state index in [0.29, 0.717) is 29.7 Å². The Morgan fingerprint density at radius 1 is 0.838 bits per heavy atom. The number of hydrogen-bond donors (Lipinski definition) is 0. The number of hydrogen-bond acceptors (Lipinski definition) is 2. The first-order valence-electron chi connectivity index (χ1n) is 12.9. The summed E-state index contributed by atoms with van der Waals surface area (Å²) in [6, 6.07) is 12.3. The number of allylic oxidation sites excluding steroid dienone is 2. The predicted octanol–water partition coefficient (Wildman–Crippen LogP) is 8.98. The summed E-state index contributed by atoms with van der Waals surface area (Å²) in [5, 5.41) is 0. The smallest absolute Gasteiger partial charge is 0.201 e. The zero-order valence-corrected chi connectivity index (χ0v) is 21.2. The summed E-state index contributed by atoms with van der Waals surface area (Å²) in [6.45, 7) is 4.52. The van der Waals surface area contributed by atoms with Gasteiger partial charge in [0.2, 0.25) is 5.82 Å². The molecular weight excluding hydrogens is 480 g/mol.